The largest absolute Gasteiger partial charge is 0.481 e. The standard InChI is InChI=1S/C13H22N4O3/c1-5-10-9(7-17(4)16-10)6-14-12(20)15-8-13(2,3)11(18)19/h7H,5-6,8H2,1-4H3,(H,18,19)(H2,14,15,20). The van der Waals surface area contributed by atoms with Crippen molar-refractivity contribution >= 4 is 12.0 Å². The minimum Gasteiger partial charge on any atom is -0.481 e. The Bertz CT molecular complexity index is 494. The van der Waals surface area contributed by atoms with Crippen molar-refractivity contribution in [2.45, 2.75) is 33.7 Å². The zero-order valence-corrected chi connectivity index (χ0v) is 12.4. The van der Waals surface area contributed by atoms with Crippen molar-refractivity contribution in [2.24, 2.45) is 12.5 Å². The van der Waals surface area contributed by atoms with E-state index in [1.165, 1.54) is 0 Å². The first-order chi connectivity index (χ1) is 9.26. The minimum absolute atomic E-state index is 0.0713. The molecule has 2 amide bonds. The second kappa shape index (κ2) is 6.40. The van der Waals surface area contributed by atoms with E-state index >= 15 is 0 Å². The topological polar surface area (TPSA) is 96.3 Å². The maximum atomic E-state index is 11.6. The quantitative estimate of drug-likeness (QED) is 0.722. The molecule has 0 spiro atoms. The van der Waals surface area contributed by atoms with Crippen LogP contribution in [0.5, 0.6) is 0 Å². The van der Waals surface area contributed by atoms with Crippen LogP contribution in [0.2, 0.25) is 0 Å². The Morgan fingerprint density at radius 3 is 2.60 bits per heavy atom. The van der Waals surface area contributed by atoms with Gasteiger partial charge in [-0.05, 0) is 20.3 Å². The number of amides is 2. The highest BCUT2D eigenvalue weighted by Gasteiger charge is 2.27. The third-order valence-electron chi connectivity index (χ3n) is 3.04. The van der Waals surface area contributed by atoms with Gasteiger partial charge < -0.3 is 15.7 Å². The fraction of sp³-hybridized carbons (Fsp3) is 0.615. The highest BCUT2D eigenvalue weighted by molar-refractivity contribution is 5.77. The molecule has 0 saturated heterocycles. The molecule has 0 aliphatic rings. The molecule has 0 atom stereocenters. The number of carbonyl (C=O) groups is 2. The molecule has 0 radical (unpaired) electrons. The molecule has 7 heteroatoms. The van der Waals surface area contributed by atoms with E-state index in [2.05, 4.69) is 15.7 Å². The molecule has 1 rings (SSSR count). The van der Waals surface area contributed by atoms with Gasteiger partial charge in [-0.25, -0.2) is 4.79 Å². The fourth-order valence-corrected chi connectivity index (χ4v) is 1.64. The number of aliphatic carboxylic acids is 1. The van der Waals surface area contributed by atoms with Gasteiger partial charge in [-0.2, -0.15) is 5.10 Å². The van der Waals surface area contributed by atoms with Gasteiger partial charge in [0.05, 0.1) is 11.1 Å². The second-order valence-corrected chi connectivity index (χ2v) is 5.35. The number of urea groups is 1. The van der Waals surface area contributed by atoms with Crippen LogP contribution in [0.25, 0.3) is 0 Å². The molecule has 0 saturated carbocycles. The Morgan fingerprint density at radius 2 is 2.05 bits per heavy atom. The predicted molar refractivity (Wildman–Crippen MR) is 74.2 cm³/mol. The normalized spacial score (nSPS) is 11.2. The van der Waals surface area contributed by atoms with Gasteiger partial charge in [-0.15, -0.1) is 0 Å². The molecule has 1 heterocycles. The lowest BCUT2D eigenvalue weighted by Gasteiger charge is -2.19. The van der Waals surface area contributed by atoms with Crippen LogP contribution in [0.3, 0.4) is 0 Å². The first-order valence-corrected chi connectivity index (χ1v) is 6.52. The van der Waals surface area contributed by atoms with Crippen molar-refractivity contribution < 1.29 is 14.7 Å². The molecule has 3 N–H and O–H groups in total. The molecule has 7 nitrogen and oxygen atoms in total. The number of nitrogens with zero attached hydrogens (tertiary/aromatic N) is 2. The van der Waals surface area contributed by atoms with E-state index in [9.17, 15) is 9.59 Å². The van der Waals surface area contributed by atoms with E-state index in [1.807, 2.05) is 20.2 Å². The molecule has 0 aliphatic carbocycles. The maximum Gasteiger partial charge on any atom is 0.315 e. The van der Waals surface area contributed by atoms with Crippen LogP contribution in [0, 0.1) is 5.41 Å². The Labute approximate surface area is 118 Å². The SMILES string of the molecule is CCc1nn(C)cc1CNC(=O)NCC(C)(C)C(=O)O. The molecule has 0 bridgehead atoms. The van der Waals surface area contributed by atoms with Crippen LogP contribution in [0.1, 0.15) is 32.0 Å². The maximum absolute atomic E-state index is 11.6. The van der Waals surface area contributed by atoms with Crippen LogP contribution in [0.15, 0.2) is 6.20 Å². The number of carboxylic acid groups (broad SMARTS) is 1. The van der Waals surface area contributed by atoms with E-state index in [1.54, 1.807) is 18.5 Å². The minimum atomic E-state index is -0.986. The number of carbonyl (C=O) groups excluding carboxylic acids is 1. The fourth-order valence-electron chi connectivity index (χ4n) is 1.64. The van der Waals surface area contributed by atoms with Gasteiger partial charge >= 0.3 is 12.0 Å². The molecule has 0 unspecified atom stereocenters. The molecule has 20 heavy (non-hydrogen) atoms. The van der Waals surface area contributed by atoms with Crippen LogP contribution in [-0.4, -0.2) is 33.4 Å². The summed E-state index contributed by atoms with van der Waals surface area (Å²) in [4.78, 5) is 22.6. The van der Waals surface area contributed by atoms with Crippen LogP contribution in [0.4, 0.5) is 4.79 Å². The first kappa shape index (κ1) is 16.0. The summed E-state index contributed by atoms with van der Waals surface area (Å²) in [6.45, 7) is 5.57. The van der Waals surface area contributed by atoms with E-state index in [0.717, 1.165) is 17.7 Å². The van der Waals surface area contributed by atoms with Crippen molar-refractivity contribution in [2.75, 3.05) is 6.54 Å². The van der Waals surface area contributed by atoms with Gasteiger partial charge in [0.1, 0.15) is 0 Å². The summed E-state index contributed by atoms with van der Waals surface area (Å²) in [5.41, 5.74) is 0.918. The third-order valence-corrected chi connectivity index (χ3v) is 3.04. The summed E-state index contributed by atoms with van der Waals surface area (Å²) in [7, 11) is 1.83. The number of rotatable bonds is 6. The molecular formula is C13H22N4O3. The molecule has 0 aromatic carbocycles. The molecule has 112 valence electrons. The molecule has 0 aliphatic heterocycles. The summed E-state index contributed by atoms with van der Waals surface area (Å²) < 4.78 is 1.71. The van der Waals surface area contributed by atoms with E-state index in [4.69, 9.17) is 5.11 Å². The zero-order valence-electron chi connectivity index (χ0n) is 12.4. The highest BCUT2D eigenvalue weighted by Crippen LogP contribution is 2.13. The summed E-state index contributed by atoms with van der Waals surface area (Å²) in [6.07, 6.45) is 2.66. The number of nitrogens with one attached hydrogen (secondary N) is 2. The third kappa shape index (κ3) is 4.25. The Kier molecular flexibility index (Phi) is 5.12. The van der Waals surface area contributed by atoms with Crippen molar-refractivity contribution in [3.05, 3.63) is 17.5 Å². The summed E-state index contributed by atoms with van der Waals surface area (Å²) in [6, 6.07) is -0.384. The summed E-state index contributed by atoms with van der Waals surface area (Å²) in [5, 5.41) is 18.5. The lowest BCUT2D eigenvalue weighted by atomic mass is 9.94. The van der Waals surface area contributed by atoms with E-state index in [0.29, 0.717) is 6.54 Å². The van der Waals surface area contributed by atoms with Gasteiger partial charge in [0.25, 0.3) is 0 Å². The van der Waals surface area contributed by atoms with Crippen LogP contribution < -0.4 is 10.6 Å². The number of hydrogen-bond donors (Lipinski definition) is 3. The van der Waals surface area contributed by atoms with Gasteiger partial charge in [0.15, 0.2) is 0 Å². The Morgan fingerprint density at radius 1 is 1.40 bits per heavy atom. The average Bonchev–Trinajstić information content (AvgIpc) is 2.74. The smallest absolute Gasteiger partial charge is 0.315 e. The highest BCUT2D eigenvalue weighted by atomic mass is 16.4. The van der Waals surface area contributed by atoms with Crippen LogP contribution in [-0.2, 0) is 24.8 Å². The molecule has 0 fully saturated rings. The number of hydrogen-bond acceptors (Lipinski definition) is 3. The van der Waals surface area contributed by atoms with Crippen molar-refractivity contribution in [1.82, 2.24) is 20.4 Å². The summed E-state index contributed by atoms with van der Waals surface area (Å²) >= 11 is 0. The van der Waals surface area contributed by atoms with Gasteiger partial charge in [-0.3, -0.25) is 9.48 Å². The second-order valence-electron chi connectivity index (χ2n) is 5.35. The molecule has 1 aromatic rings. The van der Waals surface area contributed by atoms with Gasteiger partial charge in [0.2, 0.25) is 0 Å². The number of carboxylic acids is 1. The van der Waals surface area contributed by atoms with E-state index < -0.39 is 11.4 Å². The van der Waals surface area contributed by atoms with Crippen molar-refractivity contribution in [1.29, 1.82) is 0 Å². The lowest BCUT2D eigenvalue weighted by molar-refractivity contribution is -0.146. The number of aryl methyl sites for hydroxylation is 2. The lowest BCUT2D eigenvalue weighted by Crippen LogP contribution is -2.43. The monoisotopic (exact) mass is 282 g/mol. The average molecular weight is 282 g/mol. The Balaban J connectivity index is 2.46. The summed E-state index contributed by atoms with van der Waals surface area (Å²) in [5.74, 6) is -0.946. The number of aromatic nitrogens is 2. The van der Waals surface area contributed by atoms with Crippen LogP contribution >= 0.6 is 0 Å². The van der Waals surface area contributed by atoms with Crippen molar-refractivity contribution in [3.63, 3.8) is 0 Å². The first-order valence-electron chi connectivity index (χ1n) is 6.52. The van der Waals surface area contributed by atoms with Gasteiger partial charge in [0, 0.05) is 31.9 Å². The van der Waals surface area contributed by atoms with Gasteiger partial charge in [-0.1, -0.05) is 6.92 Å². The Hall–Kier alpha value is -2.05. The predicted octanol–water partition coefficient (Wildman–Crippen LogP) is 0.892. The zero-order chi connectivity index (χ0) is 15.3. The van der Waals surface area contributed by atoms with E-state index in [-0.39, 0.29) is 12.6 Å². The molecule has 1 aromatic heterocycles. The molecular weight excluding hydrogens is 260 g/mol. The van der Waals surface area contributed by atoms with Crippen molar-refractivity contribution in [3.8, 4) is 0 Å².